The summed E-state index contributed by atoms with van der Waals surface area (Å²) in [5.74, 6) is -0.303. The number of amides is 1. The molecule has 1 fully saturated rings. The Kier molecular flexibility index (Phi) is 7.98. The number of likely N-dealkylation sites (tertiary alicyclic amines) is 1. The van der Waals surface area contributed by atoms with Crippen molar-refractivity contribution in [3.63, 3.8) is 0 Å². The van der Waals surface area contributed by atoms with Crippen LogP contribution in [0.5, 0.6) is 0 Å². The van der Waals surface area contributed by atoms with Crippen LogP contribution in [0.2, 0.25) is 5.15 Å². The first-order valence-electron chi connectivity index (χ1n) is 13.9. The van der Waals surface area contributed by atoms with Gasteiger partial charge >= 0.3 is 0 Å². The largest absolute Gasteiger partial charge is 0.307 e. The van der Waals surface area contributed by atoms with Gasteiger partial charge < -0.3 is 4.90 Å². The Balaban J connectivity index is 1.24. The molecule has 6 rings (SSSR count). The van der Waals surface area contributed by atoms with Gasteiger partial charge in [0.1, 0.15) is 11.0 Å². The number of hydrogen-bond acceptors (Lipinski definition) is 4. The molecule has 0 aliphatic carbocycles. The van der Waals surface area contributed by atoms with E-state index in [1.165, 1.54) is 28.8 Å². The Bertz CT molecular complexity index is 1580. The number of hydrogen-bond donors (Lipinski definition) is 0. The maximum atomic E-state index is 13.7. The number of aromatic nitrogens is 1. The second kappa shape index (κ2) is 11.8. The second-order valence-electron chi connectivity index (χ2n) is 10.9. The van der Waals surface area contributed by atoms with Crippen molar-refractivity contribution in [2.24, 2.45) is 0 Å². The van der Waals surface area contributed by atoms with Gasteiger partial charge in [-0.1, -0.05) is 65.3 Å². The molecule has 0 unspecified atom stereocenters. The van der Waals surface area contributed by atoms with Gasteiger partial charge in [-0.3, -0.25) is 9.69 Å². The lowest BCUT2D eigenvalue weighted by molar-refractivity contribution is 0.0977. The van der Waals surface area contributed by atoms with Crippen molar-refractivity contribution in [3.05, 3.63) is 124 Å². The van der Waals surface area contributed by atoms with Gasteiger partial charge in [0.05, 0.1) is 0 Å². The van der Waals surface area contributed by atoms with Crippen LogP contribution >= 0.6 is 23.4 Å². The lowest BCUT2D eigenvalue weighted by atomic mass is 9.74. The van der Waals surface area contributed by atoms with Crippen LogP contribution in [0.1, 0.15) is 39.9 Å². The number of carbonyl (C=O) groups excluding carboxylic acids is 1. The molecule has 3 heterocycles. The standard InChI is InChI=1S/C34H31ClFN3OS/c1-24-4-6-25(7-5-24)3-2-18-38-19-15-34(16-20-38)23-39(33(40)26-14-17-37-32(35)21-26)31-13-12-29(22-30(31)34)41-28-10-8-27(36)9-11-28/h2-14,17,21-22H,15-16,18-20,23H2,1H3/b3-2+. The van der Waals surface area contributed by atoms with E-state index in [-0.39, 0.29) is 17.1 Å². The molecule has 1 aromatic heterocycles. The van der Waals surface area contributed by atoms with Gasteiger partial charge in [-0.05, 0) is 98.6 Å². The summed E-state index contributed by atoms with van der Waals surface area (Å²) in [5.41, 5.74) is 5.06. The minimum Gasteiger partial charge on any atom is -0.307 e. The van der Waals surface area contributed by atoms with E-state index in [1.54, 1.807) is 42.2 Å². The third-order valence-electron chi connectivity index (χ3n) is 8.12. The van der Waals surface area contributed by atoms with Crippen molar-refractivity contribution >= 4 is 41.0 Å². The molecule has 3 aromatic carbocycles. The minimum atomic E-state index is -0.243. The summed E-state index contributed by atoms with van der Waals surface area (Å²) >= 11 is 7.74. The van der Waals surface area contributed by atoms with Crippen LogP contribution in [0, 0.1) is 12.7 Å². The van der Waals surface area contributed by atoms with E-state index in [0.29, 0.717) is 17.3 Å². The fourth-order valence-corrected chi connectivity index (χ4v) is 6.86. The maximum Gasteiger partial charge on any atom is 0.258 e. The van der Waals surface area contributed by atoms with Crippen LogP contribution < -0.4 is 4.90 Å². The summed E-state index contributed by atoms with van der Waals surface area (Å²) in [6, 6.07) is 24.9. The molecule has 0 saturated carbocycles. The maximum absolute atomic E-state index is 13.7. The number of pyridine rings is 1. The molecular weight excluding hydrogens is 553 g/mol. The second-order valence-corrected chi connectivity index (χ2v) is 12.4. The Morgan fingerprint density at radius 1 is 1.00 bits per heavy atom. The van der Waals surface area contributed by atoms with E-state index in [2.05, 4.69) is 71.4 Å². The highest BCUT2D eigenvalue weighted by molar-refractivity contribution is 7.99. The first-order valence-corrected chi connectivity index (χ1v) is 15.0. The van der Waals surface area contributed by atoms with E-state index >= 15 is 0 Å². The SMILES string of the molecule is Cc1ccc(/C=C/CN2CCC3(CC2)CN(C(=O)c2ccnc(Cl)c2)c2ccc(Sc4ccc(F)cc4)cc23)cc1. The molecule has 2 aliphatic heterocycles. The van der Waals surface area contributed by atoms with Crippen molar-refractivity contribution in [2.45, 2.75) is 35.0 Å². The molecule has 0 N–H and O–H groups in total. The average molecular weight is 584 g/mol. The quantitative estimate of drug-likeness (QED) is 0.215. The van der Waals surface area contributed by atoms with Gasteiger partial charge in [-0.2, -0.15) is 0 Å². The van der Waals surface area contributed by atoms with Crippen molar-refractivity contribution in [1.82, 2.24) is 9.88 Å². The van der Waals surface area contributed by atoms with Crippen molar-refractivity contribution in [1.29, 1.82) is 0 Å². The minimum absolute atomic E-state index is 0.0603. The van der Waals surface area contributed by atoms with Gasteiger partial charge in [-0.25, -0.2) is 9.37 Å². The van der Waals surface area contributed by atoms with E-state index in [0.717, 1.165) is 48.0 Å². The van der Waals surface area contributed by atoms with Gasteiger partial charge in [-0.15, -0.1) is 0 Å². The Labute approximate surface area is 249 Å². The van der Waals surface area contributed by atoms with Crippen LogP contribution in [0.3, 0.4) is 0 Å². The summed E-state index contributed by atoms with van der Waals surface area (Å²) in [7, 11) is 0. The van der Waals surface area contributed by atoms with Crippen molar-refractivity contribution in [2.75, 3.05) is 31.1 Å². The number of nitrogens with zero attached hydrogens (tertiary/aromatic N) is 3. The van der Waals surface area contributed by atoms with E-state index < -0.39 is 0 Å². The summed E-state index contributed by atoms with van der Waals surface area (Å²) in [6.07, 6.45) is 7.93. The lowest BCUT2D eigenvalue weighted by Crippen LogP contribution is -2.46. The molecule has 1 spiro atoms. The smallest absolute Gasteiger partial charge is 0.258 e. The predicted molar refractivity (Wildman–Crippen MR) is 165 cm³/mol. The molecule has 1 amide bonds. The topological polar surface area (TPSA) is 36.4 Å². The zero-order valence-corrected chi connectivity index (χ0v) is 24.5. The third kappa shape index (κ3) is 6.10. The van der Waals surface area contributed by atoms with Gasteiger partial charge in [0.2, 0.25) is 0 Å². The zero-order valence-electron chi connectivity index (χ0n) is 22.9. The first-order chi connectivity index (χ1) is 19.9. The normalized spacial score (nSPS) is 16.4. The number of benzene rings is 3. The average Bonchev–Trinajstić information content (AvgIpc) is 3.29. The van der Waals surface area contributed by atoms with Crippen LogP contribution in [-0.4, -0.2) is 42.0 Å². The molecule has 0 atom stereocenters. The number of aryl methyl sites for hydroxylation is 1. The molecule has 0 bridgehead atoms. The molecule has 41 heavy (non-hydrogen) atoms. The molecular formula is C34H31ClFN3OS. The Hall–Kier alpha value is -3.45. The van der Waals surface area contributed by atoms with E-state index in [4.69, 9.17) is 11.6 Å². The highest BCUT2D eigenvalue weighted by Gasteiger charge is 2.46. The summed E-state index contributed by atoms with van der Waals surface area (Å²) in [4.78, 5) is 24.2. The number of halogens is 2. The zero-order chi connectivity index (χ0) is 28.4. The number of anilines is 1. The van der Waals surface area contributed by atoms with E-state index in [9.17, 15) is 9.18 Å². The predicted octanol–water partition coefficient (Wildman–Crippen LogP) is 8.04. The van der Waals surface area contributed by atoms with E-state index in [1.807, 2.05) is 4.90 Å². The van der Waals surface area contributed by atoms with Gasteiger partial charge in [0.25, 0.3) is 5.91 Å². The van der Waals surface area contributed by atoms with Crippen LogP contribution in [0.25, 0.3) is 6.08 Å². The fourth-order valence-electron chi connectivity index (χ4n) is 5.83. The Morgan fingerprint density at radius 3 is 2.46 bits per heavy atom. The summed E-state index contributed by atoms with van der Waals surface area (Å²) in [5, 5.41) is 0.308. The summed E-state index contributed by atoms with van der Waals surface area (Å²) < 4.78 is 13.5. The van der Waals surface area contributed by atoms with Crippen LogP contribution in [-0.2, 0) is 5.41 Å². The first kappa shape index (κ1) is 27.7. The number of carbonyl (C=O) groups is 1. The highest BCUT2D eigenvalue weighted by Crippen LogP contribution is 2.49. The number of rotatable bonds is 6. The molecule has 2 aliphatic rings. The van der Waals surface area contributed by atoms with Gasteiger partial charge in [0.15, 0.2) is 0 Å². The molecule has 1 saturated heterocycles. The number of fused-ring (bicyclic) bond motifs is 2. The van der Waals surface area contributed by atoms with Gasteiger partial charge in [0, 0.05) is 45.7 Å². The van der Waals surface area contributed by atoms with Crippen LogP contribution in [0.4, 0.5) is 10.1 Å². The lowest BCUT2D eigenvalue weighted by Gasteiger charge is -2.39. The highest BCUT2D eigenvalue weighted by atomic mass is 35.5. The molecule has 7 heteroatoms. The van der Waals surface area contributed by atoms with Crippen molar-refractivity contribution < 1.29 is 9.18 Å². The molecule has 0 radical (unpaired) electrons. The Morgan fingerprint density at radius 2 is 1.73 bits per heavy atom. The van der Waals surface area contributed by atoms with Crippen LogP contribution in [0.15, 0.2) is 101 Å². The fraction of sp³-hybridized carbons (Fsp3) is 0.235. The molecule has 4 aromatic rings. The monoisotopic (exact) mass is 583 g/mol. The molecule has 4 nitrogen and oxygen atoms in total. The number of piperidine rings is 1. The summed E-state index contributed by atoms with van der Waals surface area (Å²) in [6.45, 7) is 5.55. The van der Waals surface area contributed by atoms with Crippen molar-refractivity contribution in [3.8, 4) is 0 Å². The third-order valence-corrected chi connectivity index (χ3v) is 9.33. The molecule has 208 valence electrons.